The van der Waals surface area contributed by atoms with E-state index in [0.717, 1.165) is 12.3 Å². The molecule has 10 heteroatoms. The molecule has 0 saturated carbocycles. The average molecular weight is 454 g/mol. The van der Waals surface area contributed by atoms with Crippen LogP contribution in [0.5, 0.6) is 0 Å². The zero-order chi connectivity index (χ0) is 22.3. The Labute approximate surface area is 179 Å². The van der Waals surface area contributed by atoms with Gasteiger partial charge in [-0.2, -0.15) is 13.2 Å². The molecule has 2 aromatic carbocycles. The lowest BCUT2D eigenvalue weighted by atomic mass is 10.1. The first kappa shape index (κ1) is 21.2. The number of hydrogen-bond acceptors (Lipinski definition) is 2. The van der Waals surface area contributed by atoms with Crippen LogP contribution in [0.15, 0.2) is 42.6 Å². The van der Waals surface area contributed by atoms with Crippen LogP contribution in [0.4, 0.5) is 23.2 Å². The number of halogens is 5. The van der Waals surface area contributed by atoms with E-state index in [2.05, 4.69) is 10.3 Å². The van der Waals surface area contributed by atoms with Crippen molar-refractivity contribution in [3.63, 3.8) is 0 Å². The van der Waals surface area contributed by atoms with E-state index in [0.29, 0.717) is 11.1 Å². The van der Waals surface area contributed by atoms with E-state index in [1.165, 1.54) is 35.2 Å². The van der Waals surface area contributed by atoms with E-state index in [9.17, 15) is 27.2 Å². The van der Waals surface area contributed by atoms with Crippen molar-refractivity contribution in [2.45, 2.75) is 19.1 Å². The van der Waals surface area contributed by atoms with Gasteiger partial charge in [-0.3, -0.25) is 9.59 Å². The molecular formula is C21H16ClF4N3O2. The molecule has 0 aliphatic carbocycles. The van der Waals surface area contributed by atoms with Gasteiger partial charge in [-0.15, -0.1) is 0 Å². The molecule has 1 aliphatic heterocycles. The number of nitrogens with one attached hydrogen (secondary N) is 2. The average Bonchev–Trinajstić information content (AvgIpc) is 3.28. The molecule has 0 bridgehead atoms. The molecular weight excluding hydrogens is 438 g/mol. The van der Waals surface area contributed by atoms with Crippen molar-refractivity contribution in [1.82, 2.24) is 10.3 Å². The third-order valence-corrected chi connectivity index (χ3v) is 5.41. The van der Waals surface area contributed by atoms with Crippen molar-refractivity contribution in [2.75, 3.05) is 11.4 Å². The van der Waals surface area contributed by atoms with Crippen molar-refractivity contribution in [1.29, 1.82) is 0 Å². The van der Waals surface area contributed by atoms with E-state index in [1.54, 1.807) is 0 Å². The van der Waals surface area contributed by atoms with Gasteiger partial charge in [-0.25, -0.2) is 4.39 Å². The number of fused-ring (bicyclic) bond motifs is 1. The Morgan fingerprint density at radius 3 is 2.71 bits per heavy atom. The number of carbonyl (C=O) groups is 2. The van der Waals surface area contributed by atoms with Crippen LogP contribution in [0.2, 0.25) is 5.02 Å². The molecule has 2 amide bonds. The molecule has 1 saturated heterocycles. The lowest BCUT2D eigenvalue weighted by Crippen LogP contribution is -2.36. The lowest BCUT2D eigenvalue weighted by molar-refractivity contribution is -0.136. The maximum Gasteiger partial charge on any atom is 0.418 e. The molecule has 0 spiro atoms. The van der Waals surface area contributed by atoms with Gasteiger partial charge in [-0.05, 0) is 48.4 Å². The fourth-order valence-electron chi connectivity index (χ4n) is 3.72. The fourth-order valence-corrected chi connectivity index (χ4v) is 3.96. The molecule has 4 rings (SSSR count). The van der Waals surface area contributed by atoms with E-state index in [-0.39, 0.29) is 35.6 Å². The largest absolute Gasteiger partial charge is 0.418 e. The number of H-pyrrole nitrogens is 1. The Kier molecular flexibility index (Phi) is 5.38. The number of amides is 2. The summed E-state index contributed by atoms with van der Waals surface area (Å²) < 4.78 is 53.0. The monoisotopic (exact) mass is 453 g/mol. The van der Waals surface area contributed by atoms with E-state index >= 15 is 0 Å². The first-order valence-electron chi connectivity index (χ1n) is 9.36. The van der Waals surface area contributed by atoms with Gasteiger partial charge in [0.2, 0.25) is 11.8 Å². The topological polar surface area (TPSA) is 65.2 Å². The summed E-state index contributed by atoms with van der Waals surface area (Å²) >= 11 is 5.79. The highest BCUT2D eigenvalue weighted by Gasteiger charge is 2.38. The zero-order valence-electron chi connectivity index (χ0n) is 15.9. The molecule has 1 fully saturated rings. The van der Waals surface area contributed by atoms with Crippen LogP contribution in [0.1, 0.15) is 17.5 Å². The number of aromatic nitrogens is 1. The summed E-state index contributed by atoms with van der Waals surface area (Å²) in [5.41, 5.74) is 0.206. The van der Waals surface area contributed by atoms with Crippen LogP contribution < -0.4 is 10.2 Å². The number of anilines is 1. The van der Waals surface area contributed by atoms with Crippen LogP contribution >= 0.6 is 11.6 Å². The van der Waals surface area contributed by atoms with E-state index in [4.69, 9.17) is 11.6 Å². The quantitative estimate of drug-likeness (QED) is 0.446. The normalized spacial score (nSPS) is 16.9. The standard InChI is InChI=1S/C21H16ClF4N3O2/c22-12-5-11(6-13(23)7-12)9-28-19(30)15-3-4-29(20(15)31)14-1-2-18-16(8-14)17(10-27-18)21(24,25)26/h1-2,5-8,10,15,27H,3-4,9H2,(H,28,30)/t15-/m1/s1. The van der Waals surface area contributed by atoms with Crippen molar-refractivity contribution >= 4 is 40.0 Å². The Hall–Kier alpha value is -3.07. The highest BCUT2D eigenvalue weighted by molar-refractivity contribution is 6.30. The maximum absolute atomic E-state index is 13.4. The second-order valence-electron chi connectivity index (χ2n) is 7.26. The minimum Gasteiger partial charge on any atom is -0.361 e. The number of aromatic amines is 1. The Bertz CT molecular complexity index is 1150. The van der Waals surface area contributed by atoms with Gasteiger partial charge in [0, 0.05) is 40.9 Å². The van der Waals surface area contributed by atoms with Gasteiger partial charge in [-0.1, -0.05) is 11.6 Å². The number of carbonyl (C=O) groups excluding carboxylic acids is 2. The molecule has 2 heterocycles. The summed E-state index contributed by atoms with van der Waals surface area (Å²) in [5.74, 6) is -2.56. The minimum absolute atomic E-state index is 0.00958. The molecule has 3 aromatic rings. The van der Waals surface area contributed by atoms with E-state index < -0.39 is 35.3 Å². The first-order chi connectivity index (χ1) is 14.6. The Balaban J connectivity index is 1.49. The Morgan fingerprint density at radius 2 is 2.00 bits per heavy atom. The van der Waals surface area contributed by atoms with Crippen molar-refractivity contribution in [2.24, 2.45) is 5.92 Å². The summed E-state index contributed by atoms with van der Waals surface area (Å²) in [5, 5.41) is 2.73. The smallest absolute Gasteiger partial charge is 0.361 e. The SMILES string of the molecule is O=C(NCc1cc(F)cc(Cl)c1)[C@H]1CCN(c2ccc3[nH]cc(C(F)(F)F)c3c2)C1=O. The Morgan fingerprint density at radius 1 is 1.23 bits per heavy atom. The second kappa shape index (κ2) is 7.88. The predicted octanol–water partition coefficient (Wildman–Crippen LogP) is 4.65. The van der Waals surface area contributed by atoms with Gasteiger partial charge in [0.25, 0.3) is 0 Å². The third-order valence-electron chi connectivity index (χ3n) is 5.19. The molecule has 2 N–H and O–H groups in total. The third kappa shape index (κ3) is 4.23. The van der Waals surface area contributed by atoms with Gasteiger partial charge >= 0.3 is 6.18 Å². The van der Waals surface area contributed by atoms with Crippen LogP contribution in [0.3, 0.4) is 0 Å². The lowest BCUT2D eigenvalue weighted by Gasteiger charge is -2.17. The number of alkyl halides is 3. The molecule has 0 radical (unpaired) electrons. The zero-order valence-corrected chi connectivity index (χ0v) is 16.6. The van der Waals surface area contributed by atoms with Crippen molar-refractivity contribution in [3.05, 3.63) is 64.6 Å². The van der Waals surface area contributed by atoms with Crippen LogP contribution in [0.25, 0.3) is 10.9 Å². The second-order valence-corrected chi connectivity index (χ2v) is 7.69. The first-order valence-corrected chi connectivity index (χ1v) is 9.73. The van der Waals surface area contributed by atoms with Gasteiger partial charge in [0.05, 0.1) is 5.56 Å². The van der Waals surface area contributed by atoms with Crippen LogP contribution in [-0.2, 0) is 22.3 Å². The molecule has 0 unspecified atom stereocenters. The predicted molar refractivity (Wildman–Crippen MR) is 107 cm³/mol. The summed E-state index contributed by atoms with van der Waals surface area (Å²) in [6, 6.07) is 8.15. The number of nitrogens with zero attached hydrogens (tertiary/aromatic N) is 1. The summed E-state index contributed by atoms with van der Waals surface area (Å²) in [6.45, 7) is 0.185. The number of benzene rings is 2. The number of hydrogen-bond donors (Lipinski definition) is 2. The molecule has 1 atom stereocenters. The van der Waals surface area contributed by atoms with Gasteiger partial charge in [0.15, 0.2) is 0 Å². The summed E-state index contributed by atoms with van der Waals surface area (Å²) in [4.78, 5) is 29.1. The summed E-state index contributed by atoms with van der Waals surface area (Å²) in [7, 11) is 0. The molecule has 5 nitrogen and oxygen atoms in total. The number of rotatable bonds is 4. The summed E-state index contributed by atoms with van der Waals surface area (Å²) in [6.07, 6.45) is -3.44. The van der Waals surface area contributed by atoms with Crippen molar-refractivity contribution in [3.8, 4) is 0 Å². The van der Waals surface area contributed by atoms with Crippen LogP contribution in [0, 0.1) is 11.7 Å². The fraction of sp³-hybridized carbons (Fsp3) is 0.238. The maximum atomic E-state index is 13.4. The molecule has 1 aliphatic rings. The molecule has 162 valence electrons. The van der Waals surface area contributed by atoms with E-state index in [1.807, 2.05) is 0 Å². The highest BCUT2D eigenvalue weighted by Crippen LogP contribution is 2.37. The van der Waals surface area contributed by atoms with Crippen LogP contribution in [-0.4, -0.2) is 23.3 Å². The molecule has 31 heavy (non-hydrogen) atoms. The van der Waals surface area contributed by atoms with Gasteiger partial charge in [0.1, 0.15) is 11.7 Å². The van der Waals surface area contributed by atoms with Gasteiger partial charge < -0.3 is 15.2 Å². The minimum atomic E-state index is -4.53. The molecule has 1 aromatic heterocycles. The highest BCUT2D eigenvalue weighted by atomic mass is 35.5. The van der Waals surface area contributed by atoms with Crippen molar-refractivity contribution < 1.29 is 27.2 Å².